The molecule has 3 rings (SSSR count). The summed E-state index contributed by atoms with van der Waals surface area (Å²) in [5, 5.41) is 3.51. The van der Waals surface area contributed by atoms with Gasteiger partial charge in [0.05, 0.1) is 17.1 Å². The number of rotatable bonds is 9. The molecule has 33 heavy (non-hydrogen) atoms. The minimum atomic E-state index is -0.405. The summed E-state index contributed by atoms with van der Waals surface area (Å²) >= 11 is 6.04. The Balaban J connectivity index is 1.93. The number of halogens is 1. The van der Waals surface area contributed by atoms with Crippen molar-refractivity contribution >= 4 is 34.4 Å². The van der Waals surface area contributed by atoms with Gasteiger partial charge in [-0.25, -0.2) is 4.98 Å². The standard InChI is InChI=1S/C26H33ClN4O2/c1-6-17(3)31(18(4)7-2)24(32)16-30-23-14-9-8-13-22(23)29-25(30)19(5)28-26(33)20-11-10-12-21(27)15-20/h8-15,17-19H,6-7,16H2,1-5H3,(H,28,33). The van der Waals surface area contributed by atoms with Crippen molar-refractivity contribution in [2.45, 2.75) is 72.1 Å². The summed E-state index contributed by atoms with van der Waals surface area (Å²) in [5.74, 6) is 0.459. The Morgan fingerprint density at radius 2 is 1.70 bits per heavy atom. The number of nitrogens with zero attached hydrogens (tertiary/aromatic N) is 3. The fourth-order valence-corrected chi connectivity index (χ4v) is 4.29. The van der Waals surface area contributed by atoms with Crippen LogP contribution < -0.4 is 5.32 Å². The molecule has 2 aromatic carbocycles. The Morgan fingerprint density at radius 1 is 1.03 bits per heavy atom. The molecular formula is C26H33ClN4O2. The average molecular weight is 469 g/mol. The predicted octanol–water partition coefficient (Wildman–Crippen LogP) is 5.61. The summed E-state index contributed by atoms with van der Waals surface area (Å²) in [6.07, 6.45) is 1.78. The van der Waals surface area contributed by atoms with E-state index in [0.29, 0.717) is 16.4 Å². The van der Waals surface area contributed by atoms with E-state index in [-0.39, 0.29) is 30.4 Å². The Morgan fingerprint density at radius 3 is 2.33 bits per heavy atom. The summed E-state index contributed by atoms with van der Waals surface area (Å²) in [5.41, 5.74) is 2.15. The SMILES string of the molecule is CCC(C)N(C(=O)Cn1c(C(C)NC(=O)c2cccc(Cl)c2)nc2ccccc21)C(C)CC. The number of imidazole rings is 1. The van der Waals surface area contributed by atoms with Gasteiger partial charge in [0.2, 0.25) is 5.91 Å². The van der Waals surface area contributed by atoms with Crippen LogP contribution in [0.3, 0.4) is 0 Å². The molecule has 7 heteroatoms. The van der Waals surface area contributed by atoms with E-state index in [0.717, 1.165) is 23.9 Å². The molecule has 3 unspecified atom stereocenters. The predicted molar refractivity (Wildman–Crippen MR) is 133 cm³/mol. The number of aromatic nitrogens is 2. The van der Waals surface area contributed by atoms with Crippen molar-refractivity contribution in [2.75, 3.05) is 0 Å². The first kappa shape index (κ1) is 24.8. The molecule has 0 fully saturated rings. The smallest absolute Gasteiger partial charge is 0.251 e. The first-order valence-electron chi connectivity index (χ1n) is 11.6. The zero-order chi connectivity index (χ0) is 24.1. The van der Waals surface area contributed by atoms with Gasteiger partial charge < -0.3 is 14.8 Å². The van der Waals surface area contributed by atoms with Crippen LogP contribution >= 0.6 is 11.6 Å². The number of para-hydroxylation sites is 2. The van der Waals surface area contributed by atoms with E-state index in [1.165, 1.54) is 0 Å². The molecule has 1 N–H and O–H groups in total. The van der Waals surface area contributed by atoms with Crippen LogP contribution in [0.15, 0.2) is 48.5 Å². The third kappa shape index (κ3) is 5.56. The molecule has 0 saturated carbocycles. The van der Waals surface area contributed by atoms with Gasteiger partial charge in [-0.05, 0) is 63.9 Å². The van der Waals surface area contributed by atoms with Crippen LogP contribution in [0, 0.1) is 0 Å². The number of amides is 2. The summed E-state index contributed by atoms with van der Waals surface area (Å²) in [6, 6.07) is 14.4. The summed E-state index contributed by atoms with van der Waals surface area (Å²) in [4.78, 5) is 33.0. The van der Waals surface area contributed by atoms with E-state index in [1.807, 2.05) is 40.7 Å². The van der Waals surface area contributed by atoms with Crippen molar-refractivity contribution < 1.29 is 9.59 Å². The lowest BCUT2D eigenvalue weighted by Crippen LogP contribution is -2.46. The first-order valence-corrected chi connectivity index (χ1v) is 12.0. The van der Waals surface area contributed by atoms with Crippen molar-refractivity contribution in [3.8, 4) is 0 Å². The summed E-state index contributed by atoms with van der Waals surface area (Å²) in [6.45, 7) is 10.4. The number of hydrogen-bond donors (Lipinski definition) is 1. The quantitative estimate of drug-likeness (QED) is 0.444. The number of carbonyl (C=O) groups excluding carboxylic acids is 2. The van der Waals surface area contributed by atoms with Crippen LogP contribution in [0.4, 0.5) is 0 Å². The molecule has 0 saturated heterocycles. The van der Waals surface area contributed by atoms with Crippen LogP contribution in [0.2, 0.25) is 5.02 Å². The van der Waals surface area contributed by atoms with Gasteiger partial charge in [-0.1, -0.05) is 43.6 Å². The van der Waals surface area contributed by atoms with Gasteiger partial charge in [0.25, 0.3) is 5.91 Å². The normalized spacial score (nSPS) is 14.0. The van der Waals surface area contributed by atoms with Gasteiger partial charge >= 0.3 is 0 Å². The van der Waals surface area contributed by atoms with Gasteiger partial charge in [-0.3, -0.25) is 9.59 Å². The molecule has 0 aliphatic carbocycles. The molecule has 6 nitrogen and oxygen atoms in total. The minimum absolute atomic E-state index is 0.0523. The van der Waals surface area contributed by atoms with Gasteiger partial charge in [0.1, 0.15) is 12.4 Å². The van der Waals surface area contributed by atoms with Crippen LogP contribution in [0.5, 0.6) is 0 Å². The molecule has 0 aliphatic heterocycles. The van der Waals surface area contributed by atoms with Crippen molar-refractivity contribution in [3.63, 3.8) is 0 Å². The molecule has 3 atom stereocenters. The second kappa shape index (κ2) is 10.8. The Kier molecular flexibility index (Phi) is 8.14. The molecular weight excluding hydrogens is 436 g/mol. The van der Waals surface area contributed by atoms with E-state index < -0.39 is 6.04 Å². The Bertz CT molecular complexity index is 1120. The molecule has 1 heterocycles. The third-order valence-electron chi connectivity index (χ3n) is 6.22. The topological polar surface area (TPSA) is 67.2 Å². The highest BCUT2D eigenvalue weighted by Crippen LogP contribution is 2.23. The number of carbonyl (C=O) groups is 2. The Labute approximate surface area is 200 Å². The molecule has 176 valence electrons. The van der Waals surface area contributed by atoms with Crippen LogP contribution in [-0.2, 0) is 11.3 Å². The molecule has 3 aromatic rings. The highest BCUT2D eigenvalue weighted by molar-refractivity contribution is 6.30. The third-order valence-corrected chi connectivity index (χ3v) is 6.45. The fraction of sp³-hybridized carbons (Fsp3) is 0.423. The molecule has 0 bridgehead atoms. The lowest BCUT2D eigenvalue weighted by molar-refractivity contribution is -0.136. The zero-order valence-corrected chi connectivity index (χ0v) is 20.8. The van der Waals surface area contributed by atoms with Crippen LogP contribution in [-0.4, -0.2) is 38.3 Å². The van der Waals surface area contributed by atoms with Crippen molar-refractivity contribution in [1.29, 1.82) is 0 Å². The van der Waals surface area contributed by atoms with Gasteiger partial charge in [0, 0.05) is 22.7 Å². The summed E-state index contributed by atoms with van der Waals surface area (Å²) < 4.78 is 1.93. The number of nitrogens with one attached hydrogen (secondary N) is 1. The second-order valence-electron chi connectivity index (χ2n) is 8.57. The molecule has 0 spiro atoms. The van der Waals surface area contributed by atoms with Gasteiger partial charge in [-0.15, -0.1) is 0 Å². The van der Waals surface area contributed by atoms with Crippen LogP contribution in [0.25, 0.3) is 11.0 Å². The van der Waals surface area contributed by atoms with E-state index >= 15 is 0 Å². The highest BCUT2D eigenvalue weighted by atomic mass is 35.5. The maximum absolute atomic E-state index is 13.5. The van der Waals surface area contributed by atoms with Crippen molar-refractivity contribution in [2.24, 2.45) is 0 Å². The highest BCUT2D eigenvalue weighted by Gasteiger charge is 2.26. The zero-order valence-electron chi connectivity index (χ0n) is 20.0. The minimum Gasteiger partial charge on any atom is -0.342 e. The van der Waals surface area contributed by atoms with Gasteiger partial charge in [0.15, 0.2) is 0 Å². The number of hydrogen-bond acceptors (Lipinski definition) is 3. The number of fused-ring (bicyclic) bond motifs is 1. The first-order chi connectivity index (χ1) is 15.8. The van der Waals surface area contributed by atoms with E-state index in [1.54, 1.807) is 24.3 Å². The monoisotopic (exact) mass is 468 g/mol. The second-order valence-corrected chi connectivity index (χ2v) is 9.00. The van der Waals surface area contributed by atoms with Crippen molar-refractivity contribution in [3.05, 3.63) is 64.9 Å². The van der Waals surface area contributed by atoms with E-state index in [2.05, 4.69) is 33.0 Å². The molecule has 0 aliphatic rings. The van der Waals surface area contributed by atoms with Crippen molar-refractivity contribution in [1.82, 2.24) is 19.8 Å². The maximum Gasteiger partial charge on any atom is 0.251 e. The van der Waals surface area contributed by atoms with E-state index in [9.17, 15) is 9.59 Å². The largest absolute Gasteiger partial charge is 0.342 e. The Hall–Kier alpha value is -2.86. The maximum atomic E-state index is 13.5. The summed E-state index contributed by atoms with van der Waals surface area (Å²) in [7, 11) is 0. The van der Waals surface area contributed by atoms with Crippen LogP contribution in [0.1, 0.15) is 69.7 Å². The van der Waals surface area contributed by atoms with Gasteiger partial charge in [-0.2, -0.15) is 0 Å². The molecule has 2 amide bonds. The lowest BCUT2D eigenvalue weighted by Gasteiger charge is -2.34. The molecule has 0 radical (unpaired) electrons. The number of benzene rings is 2. The fourth-order valence-electron chi connectivity index (χ4n) is 4.10. The lowest BCUT2D eigenvalue weighted by atomic mass is 10.1. The average Bonchev–Trinajstić information content (AvgIpc) is 3.17. The molecule has 1 aromatic heterocycles. The van der Waals surface area contributed by atoms with E-state index in [4.69, 9.17) is 16.6 Å².